The normalized spacial score (nSPS) is 22.2. The molecule has 1 aliphatic rings. The minimum absolute atomic E-state index is 0.653. The van der Waals surface area contributed by atoms with Gasteiger partial charge in [-0.15, -0.1) is 0 Å². The van der Waals surface area contributed by atoms with Gasteiger partial charge in [0, 0.05) is 25.8 Å². The summed E-state index contributed by atoms with van der Waals surface area (Å²) in [6, 6.07) is 0.684. The van der Waals surface area contributed by atoms with Crippen molar-refractivity contribution in [3.05, 3.63) is 0 Å². The zero-order chi connectivity index (χ0) is 10.9. The number of rotatable bonds is 7. The van der Waals surface area contributed by atoms with Crippen LogP contribution in [-0.2, 0) is 4.74 Å². The molecular weight excluding hydrogens is 188 g/mol. The van der Waals surface area contributed by atoms with Gasteiger partial charge in [-0.05, 0) is 38.3 Å². The maximum absolute atomic E-state index is 5.53. The molecule has 90 valence electrons. The molecule has 15 heavy (non-hydrogen) atoms. The molecule has 2 N–H and O–H groups in total. The van der Waals surface area contributed by atoms with E-state index in [2.05, 4.69) is 24.5 Å². The van der Waals surface area contributed by atoms with Crippen LogP contribution >= 0.6 is 0 Å². The number of nitrogens with one attached hydrogen (secondary N) is 2. The van der Waals surface area contributed by atoms with Crippen LogP contribution in [-0.4, -0.2) is 38.9 Å². The minimum atomic E-state index is 0.653. The van der Waals surface area contributed by atoms with E-state index in [0.29, 0.717) is 12.0 Å². The Hall–Kier alpha value is -0.120. The molecule has 0 bridgehead atoms. The molecule has 1 unspecified atom stereocenters. The van der Waals surface area contributed by atoms with Gasteiger partial charge < -0.3 is 15.4 Å². The van der Waals surface area contributed by atoms with Crippen LogP contribution in [0, 0.1) is 5.92 Å². The van der Waals surface area contributed by atoms with Gasteiger partial charge in [-0.2, -0.15) is 0 Å². The highest BCUT2D eigenvalue weighted by atomic mass is 16.5. The van der Waals surface area contributed by atoms with Crippen LogP contribution in [0.5, 0.6) is 0 Å². The van der Waals surface area contributed by atoms with Gasteiger partial charge in [0.1, 0.15) is 0 Å². The van der Waals surface area contributed by atoms with Crippen molar-refractivity contribution in [2.75, 3.05) is 32.8 Å². The molecule has 1 heterocycles. The van der Waals surface area contributed by atoms with Gasteiger partial charge >= 0.3 is 0 Å². The van der Waals surface area contributed by atoms with E-state index in [1.54, 1.807) is 0 Å². The first-order valence-corrected chi connectivity index (χ1v) is 6.31. The van der Waals surface area contributed by atoms with E-state index in [0.717, 1.165) is 32.7 Å². The number of piperidine rings is 1. The second kappa shape index (κ2) is 8.08. The Kier molecular flexibility index (Phi) is 6.98. The first-order chi connectivity index (χ1) is 7.29. The molecule has 1 aliphatic heterocycles. The monoisotopic (exact) mass is 214 g/mol. The first kappa shape index (κ1) is 12.9. The molecule has 0 aromatic heterocycles. The van der Waals surface area contributed by atoms with Gasteiger partial charge in [0.2, 0.25) is 0 Å². The van der Waals surface area contributed by atoms with Crippen LogP contribution in [0.1, 0.15) is 33.1 Å². The van der Waals surface area contributed by atoms with Crippen molar-refractivity contribution in [3.8, 4) is 0 Å². The van der Waals surface area contributed by atoms with E-state index in [-0.39, 0.29) is 0 Å². The molecule has 1 fully saturated rings. The molecule has 0 saturated carbocycles. The third-order valence-corrected chi connectivity index (χ3v) is 2.65. The van der Waals surface area contributed by atoms with Crippen LogP contribution in [0.4, 0.5) is 0 Å². The molecule has 1 saturated heterocycles. The van der Waals surface area contributed by atoms with Crippen LogP contribution in [0.15, 0.2) is 0 Å². The Morgan fingerprint density at radius 2 is 2.33 bits per heavy atom. The van der Waals surface area contributed by atoms with Gasteiger partial charge in [0.15, 0.2) is 0 Å². The van der Waals surface area contributed by atoms with Gasteiger partial charge in [0.05, 0.1) is 0 Å². The maximum atomic E-state index is 5.53. The van der Waals surface area contributed by atoms with Crippen molar-refractivity contribution >= 4 is 0 Å². The van der Waals surface area contributed by atoms with Crippen LogP contribution in [0.3, 0.4) is 0 Å². The molecule has 1 rings (SSSR count). The Balaban J connectivity index is 1.83. The smallest absolute Gasteiger partial charge is 0.0489 e. The molecule has 0 amide bonds. The Morgan fingerprint density at radius 1 is 1.47 bits per heavy atom. The highest BCUT2D eigenvalue weighted by Gasteiger charge is 2.10. The fraction of sp³-hybridized carbons (Fsp3) is 1.00. The summed E-state index contributed by atoms with van der Waals surface area (Å²) < 4.78 is 5.53. The summed E-state index contributed by atoms with van der Waals surface area (Å²) in [4.78, 5) is 0. The Morgan fingerprint density at radius 3 is 3.00 bits per heavy atom. The topological polar surface area (TPSA) is 33.3 Å². The quantitative estimate of drug-likeness (QED) is 0.628. The van der Waals surface area contributed by atoms with Crippen molar-refractivity contribution in [2.45, 2.75) is 39.2 Å². The van der Waals surface area contributed by atoms with Crippen molar-refractivity contribution in [1.29, 1.82) is 0 Å². The van der Waals surface area contributed by atoms with Crippen LogP contribution in [0.2, 0.25) is 0 Å². The lowest BCUT2D eigenvalue weighted by Gasteiger charge is -2.23. The summed E-state index contributed by atoms with van der Waals surface area (Å²) in [7, 11) is 0. The summed E-state index contributed by atoms with van der Waals surface area (Å²) in [5.74, 6) is 0.653. The first-order valence-electron chi connectivity index (χ1n) is 6.31. The lowest BCUT2D eigenvalue weighted by Crippen LogP contribution is -2.43. The molecule has 0 spiro atoms. The molecule has 0 aliphatic carbocycles. The molecule has 0 aromatic carbocycles. The predicted octanol–water partition coefficient (Wildman–Crippen LogP) is 1.39. The summed E-state index contributed by atoms with van der Waals surface area (Å²) in [5, 5.41) is 6.98. The van der Waals surface area contributed by atoms with E-state index in [4.69, 9.17) is 4.74 Å². The lowest BCUT2D eigenvalue weighted by molar-refractivity contribution is 0.107. The SMILES string of the molecule is CC(C)COCCCNC1CCCNC1. The van der Waals surface area contributed by atoms with Crippen LogP contribution < -0.4 is 10.6 Å². The highest BCUT2D eigenvalue weighted by Crippen LogP contribution is 2.00. The molecular formula is C12H26N2O. The van der Waals surface area contributed by atoms with Crippen molar-refractivity contribution in [2.24, 2.45) is 5.92 Å². The van der Waals surface area contributed by atoms with Crippen molar-refractivity contribution < 1.29 is 4.74 Å². The van der Waals surface area contributed by atoms with E-state index in [1.165, 1.54) is 19.4 Å². The van der Waals surface area contributed by atoms with E-state index < -0.39 is 0 Å². The summed E-state index contributed by atoms with van der Waals surface area (Å²) in [6.07, 6.45) is 3.75. The highest BCUT2D eigenvalue weighted by molar-refractivity contribution is 4.74. The molecule has 0 radical (unpaired) electrons. The standard InChI is InChI=1S/C12H26N2O/c1-11(2)10-15-8-4-7-14-12-5-3-6-13-9-12/h11-14H,3-10H2,1-2H3. The van der Waals surface area contributed by atoms with Gasteiger partial charge in [-0.25, -0.2) is 0 Å². The van der Waals surface area contributed by atoms with Gasteiger partial charge in [-0.3, -0.25) is 0 Å². The average molecular weight is 214 g/mol. The predicted molar refractivity (Wildman–Crippen MR) is 64.2 cm³/mol. The zero-order valence-electron chi connectivity index (χ0n) is 10.2. The zero-order valence-corrected chi connectivity index (χ0v) is 10.2. The summed E-state index contributed by atoms with van der Waals surface area (Å²) in [5.41, 5.74) is 0. The van der Waals surface area contributed by atoms with Crippen molar-refractivity contribution in [3.63, 3.8) is 0 Å². The molecule has 1 atom stereocenters. The van der Waals surface area contributed by atoms with E-state index >= 15 is 0 Å². The largest absolute Gasteiger partial charge is 0.381 e. The van der Waals surface area contributed by atoms with E-state index in [9.17, 15) is 0 Å². The molecule has 0 aromatic rings. The third-order valence-electron chi connectivity index (χ3n) is 2.65. The van der Waals surface area contributed by atoms with Crippen molar-refractivity contribution in [1.82, 2.24) is 10.6 Å². The minimum Gasteiger partial charge on any atom is -0.381 e. The molecule has 3 nitrogen and oxygen atoms in total. The number of ether oxygens (including phenoxy) is 1. The Bertz CT molecular complexity index is 145. The van der Waals surface area contributed by atoms with Crippen LogP contribution in [0.25, 0.3) is 0 Å². The second-order valence-electron chi connectivity index (χ2n) is 4.82. The average Bonchev–Trinajstić information content (AvgIpc) is 2.24. The fourth-order valence-corrected chi connectivity index (χ4v) is 1.83. The summed E-state index contributed by atoms with van der Waals surface area (Å²) in [6.45, 7) is 9.57. The third kappa shape index (κ3) is 6.88. The maximum Gasteiger partial charge on any atom is 0.0489 e. The number of hydrogen-bond donors (Lipinski definition) is 2. The summed E-state index contributed by atoms with van der Waals surface area (Å²) >= 11 is 0. The van der Waals surface area contributed by atoms with E-state index in [1.807, 2.05) is 0 Å². The number of hydrogen-bond acceptors (Lipinski definition) is 3. The van der Waals surface area contributed by atoms with Gasteiger partial charge in [-0.1, -0.05) is 13.8 Å². The lowest BCUT2D eigenvalue weighted by atomic mass is 10.1. The fourth-order valence-electron chi connectivity index (χ4n) is 1.83. The van der Waals surface area contributed by atoms with Gasteiger partial charge in [0.25, 0.3) is 0 Å². The second-order valence-corrected chi connectivity index (χ2v) is 4.82. The Labute approximate surface area is 94.0 Å². The molecule has 3 heteroatoms.